The molecule has 0 bridgehead atoms. The molecular weight excluding hydrogens is 453 g/mol. The van der Waals surface area contributed by atoms with Crippen molar-refractivity contribution in [2.45, 2.75) is 25.4 Å². The van der Waals surface area contributed by atoms with Crippen LogP contribution in [0, 0.1) is 11.3 Å². The second kappa shape index (κ2) is 8.55. The van der Waals surface area contributed by atoms with Crippen molar-refractivity contribution in [2.24, 2.45) is 11.7 Å². The van der Waals surface area contributed by atoms with Gasteiger partial charge < -0.3 is 26.5 Å². The number of fused-ring (bicyclic) bond motifs is 2. The van der Waals surface area contributed by atoms with E-state index in [1.807, 2.05) is 36.4 Å². The fourth-order valence-corrected chi connectivity index (χ4v) is 4.78. The first-order valence-corrected chi connectivity index (χ1v) is 11.3. The van der Waals surface area contributed by atoms with Gasteiger partial charge >= 0.3 is 6.18 Å². The van der Waals surface area contributed by atoms with Crippen molar-refractivity contribution in [1.29, 1.82) is 5.41 Å². The summed E-state index contributed by atoms with van der Waals surface area (Å²) in [6.45, 7) is 2.21. The number of hydrogen-bond acceptors (Lipinski definition) is 5. The molecule has 2 aliphatic heterocycles. The molecule has 0 fully saturated rings. The highest BCUT2D eigenvalue weighted by atomic mass is 19.4. The Kier molecular flexibility index (Phi) is 5.65. The van der Waals surface area contributed by atoms with Crippen molar-refractivity contribution >= 4 is 28.4 Å². The average Bonchev–Trinajstić information content (AvgIpc) is 2.83. The number of rotatable bonds is 3. The maximum Gasteiger partial charge on any atom is 0.416 e. The average molecular weight is 479 g/mol. The molecule has 3 unspecified atom stereocenters. The molecule has 2 aromatic carbocycles. The first-order valence-electron chi connectivity index (χ1n) is 11.3. The molecule has 2 aromatic rings. The van der Waals surface area contributed by atoms with E-state index in [0.717, 1.165) is 40.1 Å². The Morgan fingerprint density at radius 3 is 2.69 bits per heavy atom. The minimum absolute atomic E-state index is 0.208. The number of nitrogens with two attached hydrogens (primary N) is 1. The molecule has 180 valence electrons. The molecule has 0 saturated carbocycles. The molecule has 3 aliphatic rings. The summed E-state index contributed by atoms with van der Waals surface area (Å²) in [5, 5.41) is 22.3. The van der Waals surface area contributed by atoms with Crippen molar-refractivity contribution in [1.82, 2.24) is 0 Å². The van der Waals surface area contributed by atoms with Crippen molar-refractivity contribution in [3.05, 3.63) is 95.1 Å². The Bertz CT molecular complexity index is 1320. The zero-order chi connectivity index (χ0) is 24.9. The highest BCUT2D eigenvalue weighted by Crippen LogP contribution is 2.42. The van der Waals surface area contributed by atoms with E-state index < -0.39 is 18.0 Å². The smallest absolute Gasteiger partial charge is 0.380 e. The molecule has 5 rings (SSSR count). The van der Waals surface area contributed by atoms with Crippen LogP contribution in [0.25, 0.3) is 11.3 Å². The van der Waals surface area contributed by atoms with Gasteiger partial charge in [-0.2, -0.15) is 13.2 Å². The van der Waals surface area contributed by atoms with Gasteiger partial charge in [-0.05, 0) is 60.0 Å². The van der Waals surface area contributed by atoms with Crippen molar-refractivity contribution in [2.75, 3.05) is 16.8 Å². The Labute approximate surface area is 201 Å². The summed E-state index contributed by atoms with van der Waals surface area (Å²) in [6.07, 6.45) is 3.54. The van der Waals surface area contributed by atoms with Gasteiger partial charge in [-0.15, -0.1) is 0 Å². The number of hydrogen-bond donors (Lipinski definition) is 4. The summed E-state index contributed by atoms with van der Waals surface area (Å²) < 4.78 is 40.3. The van der Waals surface area contributed by atoms with Crippen LogP contribution in [0.15, 0.2) is 78.4 Å². The molecule has 2 heterocycles. The summed E-state index contributed by atoms with van der Waals surface area (Å²) in [4.78, 5) is 1.54. The molecule has 1 aliphatic carbocycles. The molecule has 0 spiro atoms. The molecule has 0 radical (unpaired) electrons. The topological polar surface area (TPSA) is 85.4 Å². The predicted octanol–water partition coefficient (Wildman–Crippen LogP) is 5.17. The summed E-state index contributed by atoms with van der Waals surface area (Å²) in [5.41, 5.74) is 11.0. The lowest BCUT2D eigenvalue weighted by Crippen LogP contribution is -2.37. The summed E-state index contributed by atoms with van der Waals surface area (Å²) in [6, 6.07) is 10.6. The molecular formula is C27H25F3N4O. The van der Waals surface area contributed by atoms with Crippen molar-refractivity contribution in [3.63, 3.8) is 0 Å². The second-order valence-electron chi connectivity index (χ2n) is 8.95. The first kappa shape index (κ1) is 23.1. The van der Waals surface area contributed by atoms with Gasteiger partial charge in [0, 0.05) is 41.2 Å². The normalized spacial score (nSPS) is 23.4. The third-order valence-corrected chi connectivity index (χ3v) is 6.58. The molecule has 5 N–H and O–H groups in total. The largest absolute Gasteiger partial charge is 0.416 e. The van der Waals surface area contributed by atoms with Gasteiger partial charge in [-0.3, -0.25) is 0 Å². The maximum absolute atomic E-state index is 13.4. The van der Waals surface area contributed by atoms with Gasteiger partial charge in [0.15, 0.2) is 6.23 Å². The number of alkyl halides is 3. The monoisotopic (exact) mass is 478 g/mol. The fourth-order valence-electron chi connectivity index (χ4n) is 4.78. The van der Waals surface area contributed by atoms with E-state index in [9.17, 15) is 18.3 Å². The van der Waals surface area contributed by atoms with E-state index in [0.29, 0.717) is 18.0 Å². The fraction of sp³-hybridized carbons (Fsp3) is 0.222. The van der Waals surface area contributed by atoms with Crippen LogP contribution in [0.3, 0.4) is 0 Å². The summed E-state index contributed by atoms with van der Waals surface area (Å²) in [5.74, 6) is -0.208. The highest BCUT2D eigenvalue weighted by Gasteiger charge is 2.34. The number of nitrogens with zero attached hydrogens (tertiary/aromatic N) is 1. The summed E-state index contributed by atoms with van der Waals surface area (Å²) in [7, 11) is 0. The number of allylic oxidation sites excluding steroid dienone is 2. The molecule has 5 nitrogen and oxygen atoms in total. The number of nitrogens with one attached hydrogen (secondary N) is 2. The number of aliphatic hydroxyl groups is 1. The Balaban J connectivity index is 1.62. The van der Waals surface area contributed by atoms with E-state index in [2.05, 4.69) is 5.32 Å². The SMILES string of the molecule is CC(=N)C1C=C(c2ccc3c(c2)C2=C(C=CC(O)N2c2cccc(C(F)(F)F)c2)CN3)C=CC1N. The quantitative estimate of drug-likeness (QED) is 0.459. The van der Waals surface area contributed by atoms with E-state index >= 15 is 0 Å². The predicted molar refractivity (Wildman–Crippen MR) is 133 cm³/mol. The van der Waals surface area contributed by atoms with Gasteiger partial charge in [-0.1, -0.05) is 36.4 Å². The van der Waals surface area contributed by atoms with Gasteiger partial charge in [0.25, 0.3) is 0 Å². The van der Waals surface area contributed by atoms with E-state index in [1.54, 1.807) is 30.0 Å². The third kappa shape index (κ3) is 4.19. The standard InChI is InChI=1S/C27H25F3N4O/c1-15(31)21-11-16(5-8-23(21)32)17-6-9-24-22(12-17)26-18(14-33-24)7-10-25(35)34(26)20-4-2-3-19(13-20)27(28,29)30/h2-13,21,23,25,31,33,35H,14,32H2,1H3. The van der Waals surface area contributed by atoms with E-state index in [-0.39, 0.29) is 17.6 Å². The van der Waals surface area contributed by atoms with E-state index in [4.69, 9.17) is 11.1 Å². The lowest BCUT2D eigenvalue weighted by atomic mass is 9.85. The van der Waals surface area contributed by atoms with Crippen LogP contribution >= 0.6 is 0 Å². The van der Waals surface area contributed by atoms with Crippen LogP contribution in [0.1, 0.15) is 23.6 Å². The van der Waals surface area contributed by atoms with Gasteiger partial charge in [0.1, 0.15) is 0 Å². The third-order valence-electron chi connectivity index (χ3n) is 6.58. The van der Waals surface area contributed by atoms with Crippen LogP contribution < -0.4 is 16.0 Å². The second-order valence-corrected chi connectivity index (χ2v) is 8.95. The Morgan fingerprint density at radius 2 is 1.94 bits per heavy atom. The van der Waals surface area contributed by atoms with Crippen LogP contribution in [-0.4, -0.2) is 29.6 Å². The Morgan fingerprint density at radius 1 is 1.14 bits per heavy atom. The zero-order valence-electron chi connectivity index (χ0n) is 19.0. The van der Waals surface area contributed by atoms with Gasteiger partial charge in [0.2, 0.25) is 0 Å². The summed E-state index contributed by atoms with van der Waals surface area (Å²) >= 11 is 0. The lowest BCUT2D eigenvalue weighted by Gasteiger charge is -2.38. The first-order chi connectivity index (χ1) is 16.6. The molecule has 8 heteroatoms. The Hall–Kier alpha value is -3.62. The zero-order valence-corrected chi connectivity index (χ0v) is 19.0. The number of anilines is 2. The molecule has 3 atom stereocenters. The number of halogens is 3. The minimum Gasteiger partial charge on any atom is -0.380 e. The lowest BCUT2D eigenvalue weighted by molar-refractivity contribution is -0.137. The van der Waals surface area contributed by atoms with Crippen LogP contribution in [0.5, 0.6) is 0 Å². The van der Waals surface area contributed by atoms with Crippen LogP contribution in [0.2, 0.25) is 0 Å². The van der Waals surface area contributed by atoms with Gasteiger partial charge in [0.05, 0.1) is 11.3 Å². The van der Waals surface area contributed by atoms with Crippen molar-refractivity contribution in [3.8, 4) is 0 Å². The number of benzene rings is 2. The molecule has 0 amide bonds. The molecule has 35 heavy (non-hydrogen) atoms. The molecule has 0 aromatic heterocycles. The van der Waals surface area contributed by atoms with Crippen molar-refractivity contribution < 1.29 is 18.3 Å². The number of aliphatic hydroxyl groups excluding tert-OH is 1. The van der Waals surface area contributed by atoms with E-state index in [1.165, 1.54) is 6.07 Å². The molecule has 0 saturated heterocycles. The maximum atomic E-state index is 13.4. The minimum atomic E-state index is -4.49. The highest BCUT2D eigenvalue weighted by molar-refractivity contribution is 5.94. The van der Waals surface area contributed by atoms with Crippen LogP contribution in [0.4, 0.5) is 24.5 Å². The van der Waals surface area contributed by atoms with Gasteiger partial charge in [-0.25, -0.2) is 0 Å². The van der Waals surface area contributed by atoms with Crippen LogP contribution in [-0.2, 0) is 6.18 Å².